The van der Waals surface area contributed by atoms with E-state index in [0.29, 0.717) is 13.0 Å². The van der Waals surface area contributed by atoms with E-state index in [1.165, 1.54) is 0 Å². The molecule has 0 spiro atoms. The fourth-order valence-corrected chi connectivity index (χ4v) is 3.79. The number of para-hydroxylation sites is 1. The monoisotopic (exact) mass is 408 g/mol. The second kappa shape index (κ2) is 9.59. The van der Waals surface area contributed by atoms with Crippen molar-refractivity contribution >= 4 is 22.8 Å². The summed E-state index contributed by atoms with van der Waals surface area (Å²) in [4.78, 5) is 23.5. The first-order chi connectivity index (χ1) is 14.3. The lowest BCUT2D eigenvalue weighted by Crippen LogP contribution is -2.48. The molecule has 0 fully saturated rings. The third kappa shape index (κ3) is 5.27. The van der Waals surface area contributed by atoms with Crippen LogP contribution < -0.4 is 5.32 Å². The van der Waals surface area contributed by atoms with Crippen LogP contribution in [0.1, 0.15) is 31.4 Å². The lowest BCUT2D eigenvalue weighted by Gasteiger charge is -2.21. The van der Waals surface area contributed by atoms with Crippen LogP contribution in [0.3, 0.4) is 0 Å². The summed E-state index contributed by atoms with van der Waals surface area (Å²) in [6, 6.07) is 16.1. The van der Waals surface area contributed by atoms with Crippen molar-refractivity contribution < 1.29 is 19.8 Å². The average Bonchev–Trinajstić information content (AvgIpc) is 3.04. The van der Waals surface area contributed by atoms with Gasteiger partial charge in [0.25, 0.3) is 0 Å². The van der Waals surface area contributed by atoms with Crippen molar-refractivity contribution in [3.63, 3.8) is 0 Å². The average molecular weight is 408 g/mol. The Kier molecular flexibility index (Phi) is 6.90. The van der Waals surface area contributed by atoms with Crippen molar-refractivity contribution in [2.45, 2.75) is 45.3 Å². The van der Waals surface area contributed by atoms with Crippen LogP contribution in [0.2, 0.25) is 0 Å². The Morgan fingerprint density at radius 2 is 1.57 bits per heavy atom. The van der Waals surface area contributed by atoms with Crippen molar-refractivity contribution in [2.75, 3.05) is 0 Å². The van der Waals surface area contributed by atoms with E-state index in [0.717, 1.165) is 22.0 Å². The van der Waals surface area contributed by atoms with Crippen LogP contribution in [0.4, 0.5) is 0 Å². The molecule has 3 N–H and O–H groups in total. The van der Waals surface area contributed by atoms with Crippen LogP contribution in [0.15, 0.2) is 60.8 Å². The first-order valence-corrected chi connectivity index (χ1v) is 10.2. The zero-order chi connectivity index (χ0) is 21.7. The van der Waals surface area contributed by atoms with Gasteiger partial charge in [-0.15, -0.1) is 0 Å². The van der Waals surface area contributed by atoms with E-state index < -0.39 is 24.0 Å². The summed E-state index contributed by atoms with van der Waals surface area (Å²) < 4.78 is 2.11. The number of carbonyl (C=O) groups is 2. The van der Waals surface area contributed by atoms with E-state index in [-0.39, 0.29) is 12.3 Å². The molecule has 158 valence electrons. The molecule has 2 atom stereocenters. The molecule has 0 amide bonds. The molecule has 0 aliphatic rings. The molecule has 0 aliphatic heterocycles. The summed E-state index contributed by atoms with van der Waals surface area (Å²) in [6.07, 6.45) is 2.56. The minimum Gasteiger partial charge on any atom is -0.480 e. The molecule has 30 heavy (non-hydrogen) atoms. The molecule has 1 heterocycles. The van der Waals surface area contributed by atoms with Gasteiger partial charge in [-0.3, -0.25) is 14.9 Å². The molecular formula is C24H28N2O4. The minimum absolute atomic E-state index is 0.140. The molecule has 2 aromatic carbocycles. The van der Waals surface area contributed by atoms with Crippen molar-refractivity contribution in [3.8, 4) is 0 Å². The van der Waals surface area contributed by atoms with Gasteiger partial charge in [0.2, 0.25) is 0 Å². The lowest BCUT2D eigenvalue weighted by molar-refractivity contribution is -0.142. The van der Waals surface area contributed by atoms with Gasteiger partial charge in [-0.25, -0.2) is 0 Å². The fourth-order valence-electron chi connectivity index (χ4n) is 3.79. The molecule has 0 saturated carbocycles. The van der Waals surface area contributed by atoms with E-state index in [1.54, 1.807) is 0 Å². The van der Waals surface area contributed by atoms with E-state index >= 15 is 0 Å². The Balaban J connectivity index is 1.89. The molecule has 0 bridgehead atoms. The Labute approximate surface area is 176 Å². The number of rotatable bonds is 10. The van der Waals surface area contributed by atoms with Gasteiger partial charge in [0.1, 0.15) is 12.1 Å². The number of carboxylic acids is 2. The van der Waals surface area contributed by atoms with Gasteiger partial charge < -0.3 is 14.8 Å². The molecule has 6 nitrogen and oxygen atoms in total. The smallest absolute Gasteiger partial charge is 0.321 e. The number of nitrogens with one attached hydrogen (secondary N) is 1. The maximum absolute atomic E-state index is 11.9. The summed E-state index contributed by atoms with van der Waals surface area (Å²) >= 11 is 0. The van der Waals surface area contributed by atoms with E-state index in [2.05, 4.69) is 22.0 Å². The highest BCUT2D eigenvalue weighted by molar-refractivity contribution is 5.85. The highest BCUT2D eigenvalue weighted by Gasteiger charge is 2.27. The maximum atomic E-state index is 11.9. The highest BCUT2D eigenvalue weighted by Crippen LogP contribution is 2.24. The predicted molar refractivity (Wildman–Crippen MR) is 117 cm³/mol. The van der Waals surface area contributed by atoms with Crippen molar-refractivity contribution in [1.29, 1.82) is 0 Å². The molecule has 0 saturated heterocycles. The number of fused-ring (bicyclic) bond motifs is 1. The summed E-state index contributed by atoms with van der Waals surface area (Å²) in [5, 5.41) is 23.1. The van der Waals surface area contributed by atoms with Gasteiger partial charge in [-0.2, -0.15) is 0 Å². The zero-order valence-electron chi connectivity index (χ0n) is 17.3. The van der Waals surface area contributed by atoms with Crippen LogP contribution in [0.25, 0.3) is 10.9 Å². The molecular weight excluding hydrogens is 380 g/mol. The Morgan fingerprint density at radius 1 is 0.933 bits per heavy atom. The Bertz CT molecular complexity index is 1010. The highest BCUT2D eigenvalue weighted by atomic mass is 16.4. The van der Waals surface area contributed by atoms with Gasteiger partial charge in [-0.05, 0) is 29.5 Å². The fraction of sp³-hybridized carbons (Fsp3) is 0.333. The molecule has 6 heteroatoms. The van der Waals surface area contributed by atoms with Crippen molar-refractivity contribution in [1.82, 2.24) is 9.88 Å². The minimum atomic E-state index is -1.05. The SMILES string of the molecule is CC(C)C[C@H](N[C@@H](Cc1cn(Cc2ccccc2)c2ccccc12)C(=O)O)C(=O)O. The van der Waals surface area contributed by atoms with Crippen LogP contribution in [-0.4, -0.2) is 38.8 Å². The number of hydrogen-bond acceptors (Lipinski definition) is 3. The lowest BCUT2D eigenvalue weighted by atomic mass is 10.0. The topological polar surface area (TPSA) is 91.6 Å². The molecule has 3 aromatic rings. The summed E-state index contributed by atoms with van der Waals surface area (Å²) in [5.74, 6) is -1.94. The van der Waals surface area contributed by atoms with Gasteiger partial charge in [-0.1, -0.05) is 62.4 Å². The van der Waals surface area contributed by atoms with E-state index in [4.69, 9.17) is 0 Å². The predicted octanol–water partition coefficient (Wildman–Crippen LogP) is 3.77. The number of carboxylic acid groups (broad SMARTS) is 2. The summed E-state index contributed by atoms with van der Waals surface area (Å²) in [7, 11) is 0. The summed E-state index contributed by atoms with van der Waals surface area (Å²) in [5.41, 5.74) is 3.06. The normalized spacial score (nSPS) is 13.4. The largest absolute Gasteiger partial charge is 0.480 e. The number of nitrogens with zero attached hydrogens (tertiary/aromatic N) is 1. The maximum Gasteiger partial charge on any atom is 0.321 e. The van der Waals surface area contributed by atoms with Crippen LogP contribution >= 0.6 is 0 Å². The molecule has 0 radical (unpaired) electrons. The first kappa shape index (κ1) is 21.6. The molecule has 0 aliphatic carbocycles. The third-order valence-corrected chi connectivity index (χ3v) is 5.20. The van der Waals surface area contributed by atoms with Crippen LogP contribution in [0, 0.1) is 5.92 Å². The number of aliphatic carboxylic acids is 2. The van der Waals surface area contributed by atoms with Gasteiger partial charge in [0.15, 0.2) is 0 Å². The van der Waals surface area contributed by atoms with Gasteiger partial charge >= 0.3 is 11.9 Å². The third-order valence-electron chi connectivity index (χ3n) is 5.20. The number of hydrogen-bond donors (Lipinski definition) is 3. The van der Waals surface area contributed by atoms with E-state index in [1.807, 2.05) is 62.5 Å². The summed E-state index contributed by atoms with van der Waals surface area (Å²) in [6.45, 7) is 4.52. The van der Waals surface area contributed by atoms with Gasteiger partial charge in [0.05, 0.1) is 0 Å². The second-order valence-electron chi connectivity index (χ2n) is 8.07. The van der Waals surface area contributed by atoms with Crippen LogP contribution in [-0.2, 0) is 22.6 Å². The molecule has 1 aromatic heterocycles. The standard InChI is InChI=1S/C24H28N2O4/c1-16(2)12-20(23(27)28)25-21(24(29)30)13-18-15-26(14-17-8-4-3-5-9-17)22-11-7-6-10-19(18)22/h3-11,15-16,20-21,25H,12-14H2,1-2H3,(H,27,28)(H,29,30)/t20-,21-/m0/s1. The van der Waals surface area contributed by atoms with Crippen molar-refractivity contribution in [3.05, 3.63) is 71.9 Å². The van der Waals surface area contributed by atoms with Crippen LogP contribution in [0.5, 0.6) is 0 Å². The number of aromatic nitrogens is 1. The Hall–Kier alpha value is -3.12. The quantitative estimate of drug-likeness (QED) is 0.475. The van der Waals surface area contributed by atoms with Crippen molar-refractivity contribution in [2.24, 2.45) is 5.92 Å². The molecule has 3 rings (SSSR count). The Morgan fingerprint density at radius 3 is 2.20 bits per heavy atom. The zero-order valence-corrected chi connectivity index (χ0v) is 17.3. The first-order valence-electron chi connectivity index (χ1n) is 10.2. The number of benzene rings is 2. The second-order valence-corrected chi connectivity index (χ2v) is 8.07. The van der Waals surface area contributed by atoms with E-state index in [9.17, 15) is 19.8 Å². The van der Waals surface area contributed by atoms with Gasteiger partial charge in [0, 0.05) is 30.1 Å². The molecule has 0 unspecified atom stereocenters.